The Labute approximate surface area is 110 Å². The topological polar surface area (TPSA) is 44.4 Å². The Morgan fingerprint density at radius 3 is 2.78 bits per heavy atom. The quantitative estimate of drug-likeness (QED) is 0.771. The lowest BCUT2D eigenvalue weighted by atomic mass is 9.92. The molecule has 0 aromatic heterocycles. The van der Waals surface area contributed by atoms with Gasteiger partial charge in [0.25, 0.3) is 0 Å². The van der Waals surface area contributed by atoms with E-state index in [4.69, 9.17) is 0 Å². The first-order chi connectivity index (χ1) is 8.37. The third-order valence-electron chi connectivity index (χ3n) is 4.11. The van der Waals surface area contributed by atoms with Gasteiger partial charge >= 0.3 is 0 Å². The van der Waals surface area contributed by atoms with Crippen molar-refractivity contribution < 1.29 is 4.79 Å². The Morgan fingerprint density at radius 2 is 2.11 bits per heavy atom. The molecule has 104 valence electrons. The average Bonchev–Trinajstić information content (AvgIpc) is 2.72. The number of amides is 1. The summed E-state index contributed by atoms with van der Waals surface area (Å²) in [5, 5.41) is 6.64. The molecule has 0 radical (unpaired) electrons. The van der Waals surface area contributed by atoms with Crippen LogP contribution in [0.4, 0.5) is 0 Å². The second kappa shape index (κ2) is 5.17. The van der Waals surface area contributed by atoms with Crippen LogP contribution in [-0.2, 0) is 4.79 Å². The zero-order valence-corrected chi connectivity index (χ0v) is 12.1. The van der Waals surface area contributed by atoms with E-state index in [2.05, 4.69) is 15.5 Å². The summed E-state index contributed by atoms with van der Waals surface area (Å²) in [6.07, 6.45) is 2.44. The lowest BCUT2D eigenvalue weighted by Crippen LogP contribution is -2.55. The minimum absolute atomic E-state index is 0.00854. The van der Waals surface area contributed by atoms with Gasteiger partial charge in [0, 0.05) is 24.7 Å². The van der Waals surface area contributed by atoms with Gasteiger partial charge in [-0.15, -0.1) is 0 Å². The van der Waals surface area contributed by atoms with E-state index in [1.165, 1.54) is 12.8 Å². The molecule has 2 saturated heterocycles. The standard InChI is InChI=1S/C14H27N3O/c1-10(13(18)16-14(2,3)4)17-8-6-12-11(9-17)5-7-15-12/h10-12,15H,5-9H2,1-4H3,(H,16,18). The molecule has 0 aromatic rings. The van der Waals surface area contributed by atoms with Crippen LogP contribution in [0.5, 0.6) is 0 Å². The molecule has 3 unspecified atom stereocenters. The molecular weight excluding hydrogens is 226 g/mol. The molecule has 2 rings (SSSR count). The van der Waals surface area contributed by atoms with Crippen LogP contribution >= 0.6 is 0 Å². The predicted octanol–water partition coefficient (Wildman–Crippen LogP) is 0.973. The normalized spacial score (nSPS) is 30.9. The summed E-state index contributed by atoms with van der Waals surface area (Å²) in [4.78, 5) is 14.5. The lowest BCUT2D eigenvalue weighted by molar-refractivity contribution is -0.128. The van der Waals surface area contributed by atoms with E-state index in [0.717, 1.165) is 25.6 Å². The summed E-state index contributed by atoms with van der Waals surface area (Å²) in [6, 6.07) is 0.685. The summed E-state index contributed by atoms with van der Waals surface area (Å²) < 4.78 is 0. The van der Waals surface area contributed by atoms with Crippen molar-refractivity contribution in [1.82, 2.24) is 15.5 Å². The number of carbonyl (C=O) groups is 1. The molecule has 4 heteroatoms. The highest BCUT2D eigenvalue weighted by atomic mass is 16.2. The highest BCUT2D eigenvalue weighted by Gasteiger charge is 2.36. The first-order valence-electron chi connectivity index (χ1n) is 7.16. The summed E-state index contributed by atoms with van der Waals surface area (Å²) >= 11 is 0. The van der Waals surface area contributed by atoms with E-state index in [0.29, 0.717) is 6.04 Å². The van der Waals surface area contributed by atoms with E-state index in [1.807, 2.05) is 27.7 Å². The SMILES string of the molecule is CC(C(=O)NC(C)(C)C)N1CCC2NCCC2C1. The highest BCUT2D eigenvalue weighted by molar-refractivity contribution is 5.81. The number of fused-ring (bicyclic) bond motifs is 1. The number of nitrogens with zero attached hydrogens (tertiary/aromatic N) is 1. The molecule has 2 aliphatic rings. The average molecular weight is 253 g/mol. The van der Waals surface area contributed by atoms with Gasteiger partial charge in [-0.05, 0) is 53.0 Å². The summed E-state index contributed by atoms with van der Waals surface area (Å²) in [5.74, 6) is 0.899. The molecule has 1 amide bonds. The second-order valence-electron chi connectivity index (χ2n) is 6.81. The molecule has 0 aliphatic carbocycles. The zero-order valence-electron chi connectivity index (χ0n) is 12.1. The van der Waals surface area contributed by atoms with Gasteiger partial charge in [-0.25, -0.2) is 0 Å². The monoisotopic (exact) mass is 253 g/mol. The molecule has 18 heavy (non-hydrogen) atoms. The van der Waals surface area contributed by atoms with Crippen molar-refractivity contribution in [2.24, 2.45) is 5.92 Å². The number of hydrogen-bond donors (Lipinski definition) is 2. The fraction of sp³-hybridized carbons (Fsp3) is 0.929. The van der Waals surface area contributed by atoms with Gasteiger partial charge in [0.05, 0.1) is 6.04 Å². The van der Waals surface area contributed by atoms with Crippen LogP contribution in [-0.4, -0.2) is 48.1 Å². The van der Waals surface area contributed by atoms with Gasteiger partial charge in [0.1, 0.15) is 0 Å². The van der Waals surface area contributed by atoms with E-state index >= 15 is 0 Å². The molecule has 4 nitrogen and oxygen atoms in total. The number of rotatable bonds is 2. The molecule has 2 fully saturated rings. The van der Waals surface area contributed by atoms with Gasteiger partial charge in [0.2, 0.25) is 5.91 Å². The Kier molecular flexibility index (Phi) is 3.97. The third kappa shape index (κ3) is 3.23. The molecule has 2 N–H and O–H groups in total. The first kappa shape index (κ1) is 13.8. The van der Waals surface area contributed by atoms with Crippen LogP contribution in [0.2, 0.25) is 0 Å². The highest BCUT2D eigenvalue weighted by Crippen LogP contribution is 2.25. The van der Waals surface area contributed by atoms with Gasteiger partial charge in [-0.2, -0.15) is 0 Å². The summed E-state index contributed by atoms with van der Waals surface area (Å²) in [5.41, 5.74) is -0.140. The van der Waals surface area contributed by atoms with Gasteiger partial charge in [-0.1, -0.05) is 0 Å². The van der Waals surface area contributed by atoms with Crippen molar-refractivity contribution in [1.29, 1.82) is 0 Å². The van der Waals surface area contributed by atoms with Crippen LogP contribution in [0.15, 0.2) is 0 Å². The molecule has 0 saturated carbocycles. The molecule has 0 aromatic carbocycles. The molecule has 2 heterocycles. The van der Waals surface area contributed by atoms with Crippen molar-refractivity contribution in [2.45, 2.75) is 58.2 Å². The molecule has 2 aliphatic heterocycles. The van der Waals surface area contributed by atoms with E-state index in [1.54, 1.807) is 0 Å². The second-order valence-corrected chi connectivity index (χ2v) is 6.81. The first-order valence-corrected chi connectivity index (χ1v) is 7.16. The molecular formula is C14H27N3O. The minimum atomic E-state index is -0.140. The van der Waals surface area contributed by atoms with Crippen LogP contribution in [0.1, 0.15) is 40.5 Å². The summed E-state index contributed by atoms with van der Waals surface area (Å²) in [6.45, 7) is 11.4. The predicted molar refractivity (Wildman–Crippen MR) is 73.4 cm³/mol. The fourth-order valence-corrected chi connectivity index (χ4v) is 3.07. The van der Waals surface area contributed by atoms with Gasteiger partial charge in [0.15, 0.2) is 0 Å². The van der Waals surface area contributed by atoms with Crippen molar-refractivity contribution in [3.8, 4) is 0 Å². The molecule has 0 spiro atoms. The maximum Gasteiger partial charge on any atom is 0.237 e. The molecule has 3 atom stereocenters. The van der Waals surface area contributed by atoms with Crippen molar-refractivity contribution in [3.05, 3.63) is 0 Å². The van der Waals surface area contributed by atoms with E-state index in [9.17, 15) is 4.79 Å². The van der Waals surface area contributed by atoms with Crippen LogP contribution in [0.25, 0.3) is 0 Å². The largest absolute Gasteiger partial charge is 0.350 e. The van der Waals surface area contributed by atoms with E-state index in [-0.39, 0.29) is 17.5 Å². The zero-order chi connectivity index (χ0) is 13.3. The number of nitrogens with one attached hydrogen (secondary N) is 2. The van der Waals surface area contributed by atoms with Crippen LogP contribution in [0.3, 0.4) is 0 Å². The van der Waals surface area contributed by atoms with Crippen molar-refractivity contribution in [2.75, 3.05) is 19.6 Å². The number of carbonyl (C=O) groups excluding carboxylic acids is 1. The van der Waals surface area contributed by atoms with Crippen molar-refractivity contribution >= 4 is 5.91 Å². The smallest absolute Gasteiger partial charge is 0.237 e. The van der Waals surface area contributed by atoms with Crippen LogP contribution in [0, 0.1) is 5.92 Å². The number of piperidine rings is 1. The Hall–Kier alpha value is -0.610. The minimum Gasteiger partial charge on any atom is -0.350 e. The third-order valence-corrected chi connectivity index (χ3v) is 4.11. The number of hydrogen-bond acceptors (Lipinski definition) is 3. The fourth-order valence-electron chi connectivity index (χ4n) is 3.07. The Morgan fingerprint density at radius 1 is 1.39 bits per heavy atom. The number of likely N-dealkylation sites (tertiary alicyclic amines) is 1. The van der Waals surface area contributed by atoms with Crippen molar-refractivity contribution in [3.63, 3.8) is 0 Å². The summed E-state index contributed by atoms with van der Waals surface area (Å²) in [7, 11) is 0. The van der Waals surface area contributed by atoms with Gasteiger partial charge < -0.3 is 10.6 Å². The Balaban J connectivity index is 1.89. The maximum absolute atomic E-state index is 12.2. The maximum atomic E-state index is 12.2. The van der Waals surface area contributed by atoms with E-state index < -0.39 is 0 Å². The molecule has 0 bridgehead atoms. The van der Waals surface area contributed by atoms with Gasteiger partial charge in [-0.3, -0.25) is 9.69 Å². The lowest BCUT2D eigenvalue weighted by Gasteiger charge is -2.38. The Bertz CT molecular complexity index is 311. The van der Waals surface area contributed by atoms with Crippen LogP contribution < -0.4 is 10.6 Å².